The first-order chi connectivity index (χ1) is 11.5. The van der Waals surface area contributed by atoms with E-state index in [0.29, 0.717) is 24.3 Å². The number of amides is 1. The predicted octanol–water partition coefficient (Wildman–Crippen LogP) is 3.06. The Morgan fingerprint density at radius 1 is 1.12 bits per heavy atom. The monoisotopic (exact) mass is 326 g/mol. The first-order valence-electron chi connectivity index (χ1n) is 8.20. The van der Waals surface area contributed by atoms with Crippen LogP contribution in [0.1, 0.15) is 40.0 Å². The second-order valence-electron chi connectivity index (χ2n) is 6.31. The molecule has 2 aromatic rings. The van der Waals surface area contributed by atoms with Gasteiger partial charge in [0.2, 0.25) is 0 Å². The molecule has 1 aromatic heterocycles. The highest BCUT2D eigenvalue weighted by molar-refractivity contribution is 6.07. The maximum atomic E-state index is 12.9. The van der Waals surface area contributed by atoms with Gasteiger partial charge in [-0.1, -0.05) is 6.07 Å². The standard InChI is InChI=1S/C19H22N2O3/c1-12-8-13(2)10-14(9-12)20-19(23)18-15-6-4-5-7-21(15)17(22)11-16(18)24-3/h8-11H,4-7H2,1-3H3,(H,20,23). The zero-order valence-electron chi connectivity index (χ0n) is 14.3. The summed E-state index contributed by atoms with van der Waals surface area (Å²) in [5, 5.41) is 2.95. The minimum atomic E-state index is -0.234. The van der Waals surface area contributed by atoms with E-state index in [1.54, 1.807) is 4.57 Å². The van der Waals surface area contributed by atoms with Crippen molar-refractivity contribution in [3.8, 4) is 5.75 Å². The smallest absolute Gasteiger partial charge is 0.261 e. The van der Waals surface area contributed by atoms with Crippen LogP contribution in [0.4, 0.5) is 5.69 Å². The topological polar surface area (TPSA) is 60.3 Å². The Morgan fingerprint density at radius 2 is 1.83 bits per heavy atom. The maximum Gasteiger partial charge on any atom is 0.261 e. The van der Waals surface area contributed by atoms with Gasteiger partial charge in [0.15, 0.2) is 0 Å². The van der Waals surface area contributed by atoms with Crippen LogP contribution < -0.4 is 15.6 Å². The number of benzene rings is 1. The van der Waals surface area contributed by atoms with E-state index >= 15 is 0 Å². The number of rotatable bonds is 3. The maximum absolute atomic E-state index is 12.9. The number of hydrogen-bond donors (Lipinski definition) is 1. The summed E-state index contributed by atoms with van der Waals surface area (Å²) in [6.45, 7) is 4.64. The first-order valence-corrected chi connectivity index (χ1v) is 8.20. The highest BCUT2D eigenvalue weighted by Gasteiger charge is 2.24. The molecule has 1 amide bonds. The van der Waals surface area contributed by atoms with E-state index < -0.39 is 0 Å². The summed E-state index contributed by atoms with van der Waals surface area (Å²) < 4.78 is 7.02. The van der Waals surface area contributed by atoms with Gasteiger partial charge in [-0.3, -0.25) is 9.59 Å². The summed E-state index contributed by atoms with van der Waals surface area (Å²) in [6, 6.07) is 7.32. The molecule has 0 fully saturated rings. The second-order valence-corrected chi connectivity index (χ2v) is 6.31. The van der Waals surface area contributed by atoms with E-state index in [1.165, 1.54) is 13.2 Å². The van der Waals surface area contributed by atoms with Crippen LogP contribution in [0.25, 0.3) is 0 Å². The van der Waals surface area contributed by atoms with E-state index in [1.807, 2.05) is 26.0 Å². The lowest BCUT2D eigenvalue weighted by atomic mass is 10.0. The van der Waals surface area contributed by atoms with Crippen molar-refractivity contribution in [1.82, 2.24) is 4.57 Å². The third-order valence-electron chi connectivity index (χ3n) is 4.35. The zero-order chi connectivity index (χ0) is 17.3. The van der Waals surface area contributed by atoms with E-state index in [-0.39, 0.29) is 11.5 Å². The number of hydrogen-bond acceptors (Lipinski definition) is 3. The molecular weight excluding hydrogens is 304 g/mol. The number of nitrogens with one attached hydrogen (secondary N) is 1. The van der Waals surface area contributed by atoms with Gasteiger partial charge >= 0.3 is 0 Å². The molecular formula is C19H22N2O3. The molecule has 0 atom stereocenters. The van der Waals surface area contributed by atoms with E-state index in [4.69, 9.17) is 4.74 Å². The minimum absolute atomic E-state index is 0.107. The van der Waals surface area contributed by atoms with Gasteiger partial charge in [0.05, 0.1) is 7.11 Å². The average Bonchev–Trinajstić information content (AvgIpc) is 2.53. The van der Waals surface area contributed by atoms with Gasteiger partial charge in [0, 0.05) is 24.0 Å². The highest BCUT2D eigenvalue weighted by atomic mass is 16.5. The molecule has 1 N–H and O–H groups in total. The number of ether oxygens (including phenoxy) is 1. The Hall–Kier alpha value is -2.56. The molecule has 1 aromatic carbocycles. The van der Waals surface area contributed by atoms with Crippen LogP contribution in [-0.4, -0.2) is 17.6 Å². The van der Waals surface area contributed by atoms with Crippen molar-refractivity contribution in [2.24, 2.45) is 0 Å². The van der Waals surface area contributed by atoms with Gasteiger partial charge in [-0.2, -0.15) is 0 Å². The Labute approximate surface area is 141 Å². The van der Waals surface area contributed by atoms with Gasteiger partial charge in [-0.15, -0.1) is 0 Å². The lowest BCUT2D eigenvalue weighted by molar-refractivity contribution is 0.102. The number of nitrogens with zero attached hydrogens (tertiary/aromatic N) is 1. The molecule has 0 unspecified atom stereocenters. The highest BCUT2D eigenvalue weighted by Crippen LogP contribution is 2.26. The van der Waals surface area contributed by atoms with E-state index in [2.05, 4.69) is 11.4 Å². The summed E-state index contributed by atoms with van der Waals surface area (Å²) in [4.78, 5) is 25.1. The molecule has 0 saturated heterocycles. The Kier molecular flexibility index (Phi) is 4.42. The molecule has 0 bridgehead atoms. The van der Waals surface area contributed by atoms with Crippen LogP contribution in [0, 0.1) is 13.8 Å². The van der Waals surface area contributed by atoms with Gasteiger partial charge in [-0.25, -0.2) is 0 Å². The van der Waals surface area contributed by atoms with Crippen LogP contribution >= 0.6 is 0 Å². The Morgan fingerprint density at radius 3 is 2.50 bits per heavy atom. The minimum Gasteiger partial charge on any atom is -0.496 e. The van der Waals surface area contributed by atoms with Gasteiger partial charge in [-0.05, 0) is 56.4 Å². The summed E-state index contributed by atoms with van der Waals surface area (Å²) >= 11 is 0. The normalized spacial score (nSPS) is 13.3. The number of carbonyl (C=O) groups is 1. The van der Waals surface area contributed by atoms with Crippen LogP contribution in [-0.2, 0) is 13.0 Å². The van der Waals surface area contributed by atoms with Gasteiger partial charge < -0.3 is 14.6 Å². The number of fused-ring (bicyclic) bond motifs is 1. The molecule has 1 aliphatic heterocycles. The summed E-state index contributed by atoms with van der Waals surface area (Å²) in [5.41, 5.74) is 4.06. The lowest BCUT2D eigenvalue weighted by Crippen LogP contribution is -2.30. The molecule has 5 heteroatoms. The molecule has 24 heavy (non-hydrogen) atoms. The molecule has 0 saturated carbocycles. The van der Waals surface area contributed by atoms with Crippen molar-refractivity contribution in [1.29, 1.82) is 0 Å². The number of anilines is 1. The second kappa shape index (κ2) is 6.51. The molecule has 0 aliphatic carbocycles. The van der Waals surface area contributed by atoms with Crippen molar-refractivity contribution in [3.63, 3.8) is 0 Å². The summed E-state index contributed by atoms with van der Waals surface area (Å²) in [7, 11) is 1.49. The molecule has 2 heterocycles. The molecule has 5 nitrogen and oxygen atoms in total. The Balaban J connectivity index is 2.04. The van der Waals surface area contributed by atoms with Crippen molar-refractivity contribution in [3.05, 3.63) is 57.0 Å². The van der Waals surface area contributed by atoms with Crippen LogP contribution in [0.5, 0.6) is 5.75 Å². The molecule has 0 radical (unpaired) electrons. The third-order valence-corrected chi connectivity index (χ3v) is 4.35. The molecule has 3 rings (SSSR count). The van der Waals surface area contributed by atoms with Crippen LogP contribution in [0.2, 0.25) is 0 Å². The number of methoxy groups -OCH3 is 1. The lowest BCUT2D eigenvalue weighted by Gasteiger charge is -2.22. The molecule has 126 valence electrons. The summed E-state index contributed by atoms with van der Waals surface area (Å²) in [6.07, 6.45) is 2.63. The summed E-state index contributed by atoms with van der Waals surface area (Å²) in [5.74, 6) is 0.109. The number of aryl methyl sites for hydroxylation is 2. The predicted molar refractivity (Wildman–Crippen MR) is 94.1 cm³/mol. The fourth-order valence-corrected chi connectivity index (χ4v) is 3.38. The largest absolute Gasteiger partial charge is 0.496 e. The van der Waals surface area contributed by atoms with Gasteiger partial charge in [0.1, 0.15) is 11.3 Å². The van der Waals surface area contributed by atoms with Crippen molar-refractivity contribution in [2.75, 3.05) is 12.4 Å². The van der Waals surface area contributed by atoms with Crippen LogP contribution in [0.3, 0.4) is 0 Å². The fourth-order valence-electron chi connectivity index (χ4n) is 3.38. The van der Waals surface area contributed by atoms with E-state index in [0.717, 1.165) is 35.3 Å². The molecule has 1 aliphatic rings. The van der Waals surface area contributed by atoms with Crippen molar-refractivity contribution >= 4 is 11.6 Å². The van der Waals surface area contributed by atoms with Gasteiger partial charge in [0.25, 0.3) is 11.5 Å². The third kappa shape index (κ3) is 3.07. The molecule has 0 spiro atoms. The number of carbonyl (C=O) groups excluding carboxylic acids is 1. The SMILES string of the molecule is COc1cc(=O)n2c(c1C(=O)Nc1cc(C)cc(C)c1)CCCC2. The average molecular weight is 326 g/mol. The quantitative estimate of drug-likeness (QED) is 0.943. The van der Waals surface area contributed by atoms with Crippen molar-refractivity contribution < 1.29 is 9.53 Å². The van der Waals surface area contributed by atoms with Crippen molar-refractivity contribution in [2.45, 2.75) is 39.7 Å². The van der Waals surface area contributed by atoms with E-state index in [9.17, 15) is 9.59 Å². The number of aromatic nitrogens is 1. The number of pyridine rings is 1. The zero-order valence-corrected chi connectivity index (χ0v) is 14.3. The fraction of sp³-hybridized carbons (Fsp3) is 0.368. The Bertz CT molecular complexity index is 832. The van der Waals surface area contributed by atoms with Crippen LogP contribution in [0.15, 0.2) is 29.1 Å². The first kappa shape index (κ1) is 16.3.